The number of nitrogens with zero attached hydrogens (tertiary/aromatic N) is 2. The van der Waals surface area contributed by atoms with Crippen LogP contribution in [0.4, 0.5) is 10.1 Å². The molecule has 3 nitrogen and oxygen atoms in total. The summed E-state index contributed by atoms with van der Waals surface area (Å²) in [5, 5.41) is 2.63. The summed E-state index contributed by atoms with van der Waals surface area (Å²) in [6, 6.07) is 18.0. The number of para-hydroxylation sites is 1. The summed E-state index contributed by atoms with van der Waals surface area (Å²) in [6.45, 7) is 2.46. The summed E-state index contributed by atoms with van der Waals surface area (Å²) in [4.78, 5) is 21.1. The summed E-state index contributed by atoms with van der Waals surface area (Å²) in [6.07, 6.45) is 1.72. The van der Waals surface area contributed by atoms with Gasteiger partial charge in [0.15, 0.2) is 5.17 Å². The molecule has 4 rings (SSSR count). The molecule has 0 aliphatic carbocycles. The number of thioether (sulfide) groups is 1. The van der Waals surface area contributed by atoms with E-state index in [-0.39, 0.29) is 11.7 Å². The van der Waals surface area contributed by atoms with Crippen molar-refractivity contribution in [3.05, 3.63) is 92.8 Å². The van der Waals surface area contributed by atoms with Crippen LogP contribution in [0.1, 0.15) is 16.0 Å². The first-order valence-electron chi connectivity index (χ1n) is 8.74. The monoisotopic (exact) mass is 408 g/mol. The van der Waals surface area contributed by atoms with Gasteiger partial charge in [-0.2, -0.15) is 0 Å². The van der Waals surface area contributed by atoms with Crippen molar-refractivity contribution in [2.45, 2.75) is 13.5 Å². The van der Waals surface area contributed by atoms with Crippen molar-refractivity contribution in [2.24, 2.45) is 4.99 Å². The minimum atomic E-state index is -0.325. The molecule has 3 aromatic rings. The number of amides is 1. The summed E-state index contributed by atoms with van der Waals surface area (Å²) >= 11 is 2.93. The van der Waals surface area contributed by atoms with Crippen molar-refractivity contribution >= 4 is 45.9 Å². The van der Waals surface area contributed by atoms with E-state index >= 15 is 0 Å². The first kappa shape index (κ1) is 18.7. The molecular formula is C22H17FN2OS2. The number of halogens is 1. The summed E-state index contributed by atoms with van der Waals surface area (Å²) < 4.78 is 13.5. The van der Waals surface area contributed by atoms with Crippen molar-refractivity contribution in [3.8, 4) is 0 Å². The van der Waals surface area contributed by atoms with Crippen LogP contribution in [-0.4, -0.2) is 16.0 Å². The Labute approximate surface area is 171 Å². The number of rotatable bonds is 4. The van der Waals surface area contributed by atoms with Crippen LogP contribution in [0.5, 0.6) is 0 Å². The number of benzene rings is 2. The van der Waals surface area contributed by atoms with Crippen molar-refractivity contribution < 1.29 is 9.18 Å². The number of aliphatic imine (C=N–C) groups is 1. The maximum atomic E-state index is 13.5. The standard InChI is InChI=1S/C22H17FN2OS2/c1-15-6-2-3-10-19(15)24-22-25(14-18-9-5-11-27-18)21(26)20(28-22)13-16-7-4-8-17(23)12-16/h2-13H,14H2,1H3. The Hall–Kier alpha value is -2.70. The van der Waals surface area contributed by atoms with Crippen LogP contribution < -0.4 is 0 Å². The topological polar surface area (TPSA) is 32.7 Å². The molecule has 140 valence electrons. The van der Waals surface area contributed by atoms with Crippen molar-refractivity contribution in [3.63, 3.8) is 0 Å². The van der Waals surface area contributed by atoms with E-state index in [4.69, 9.17) is 4.99 Å². The first-order chi connectivity index (χ1) is 13.6. The van der Waals surface area contributed by atoms with Gasteiger partial charge in [-0.05, 0) is 65.5 Å². The molecule has 2 heterocycles. The zero-order valence-corrected chi connectivity index (χ0v) is 16.8. The van der Waals surface area contributed by atoms with Crippen LogP contribution in [0, 0.1) is 12.7 Å². The highest BCUT2D eigenvalue weighted by molar-refractivity contribution is 8.18. The molecule has 0 unspecified atom stereocenters. The van der Waals surface area contributed by atoms with Crippen molar-refractivity contribution in [2.75, 3.05) is 0 Å². The second-order valence-electron chi connectivity index (χ2n) is 6.32. The molecule has 1 amide bonds. The number of carbonyl (C=O) groups is 1. The van der Waals surface area contributed by atoms with Gasteiger partial charge < -0.3 is 0 Å². The predicted octanol–water partition coefficient (Wildman–Crippen LogP) is 6.00. The third-order valence-corrected chi connectivity index (χ3v) is 6.13. The molecule has 0 atom stereocenters. The first-order valence-corrected chi connectivity index (χ1v) is 10.4. The molecule has 0 radical (unpaired) electrons. The van der Waals surface area contributed by atoms with E-state index in [2.05, 4.69) is 0 Å². The van der Waals surface area contributed by atoms with Gasteiger partial charge in [0, 0.05) is 4.88 Å². The number of carbonyl (C=O) groups excluding carboxylic acids is 1. The molecule has 1 aliphatic rings. The molecule has 0 N–H and O–H groups in total. The maximum Gasteiger partial charge on any atom is 0.267 e. The van der Waals surface area contributed by atoms with E-state index in [1.807, 2.05) is 48.7 Å². The zero-order valence-electron chi connectivity index (χ0n) is 15.1. The maximum absolute atomic E-state index is 13.5. The summed E-state index contributed by atoms with van der Waals surface area (Å²) in [7, 11) is 0. The Morgan fingerprint density at radius 3 is 2.71 bits per heavy atom. The third-order valence-electron chi connectivity index (χ3n) is 4.26. The lowest BCUT2D eigenvalue weighted by Gasteiger charge is -2.14. The smallest absolute Gasteiger partial charge is 0.267 e. The van der Waals surface area contributed by atoms with E-state index in [0.29, 0.717) is 22.2 Å². The van der Waals surface area contributed by atoms with Gasteiger partial charge in [-0.15, -0.1) is 11.3 Å². The zero-order chi connectivity index (χ0) is 19.5. The second kappa shape index (κ2) is 8.12. The van der Waals surface area contributed by atoms with Gasteiger partial charge in [-0.3, -0.25) is 9.69 Å². The fourth-order valence-electron chi connectivity index (χ4n) is 2.83. The number of amidine groups is 1. The molecule has 1 fully saturated rings. The van der Waals surface area contributed by atoms with Gasteiger partial charge in [0.2, 0.25) is 0 Å². The van der Waals surface area contributed by atoms with Gasteiger partial charge in [0.25, 0.3) is 5.91 Å². The molecule has 0 bridgehead atoms. The molecule has 2 aromatic carbocycles. The van der Waals surface area contributed by atoms with Crippen LogP contribution in [0.3, 0.4) is 0 Å². The highest BCUT2D eigenvalue weighted by Gasteiger charge is 2.33. The Morgan fingerprint density at radius 1 is 1.11 bits per heavy atom. The summed E-state index contributed by atoms with van der Waals surface area (Å²) in [5.74, 6) is -0.441. The Kier molecular flexibility index (Phi) is 5.41. The molecular weight excluding hydrogens is 391 g/mol. The summed E-state index contributed by atoms with van der Waals surface area (Å²) in [5.41, 5.74) is 2.53. The van der Waals surface area contributed by atoms with E-state index < -0.39 is 0 Å². The molecule has 1 aliphatic heterocycles. The van der Waals surface area contributed by atoms with Crippen LogP contribution in [0.15, 0.2) is 75.9 Å². The SMILES string of the molecule is Cc1ccccc1N=C1SC(=Cc2cccc(F)c2)C(=O)N1Cc1cccs1. The quantitative estimate of drug-likeness (QED) is 0.496. The normalized spacial score (nSPS) is 17.1. The lowest BCUT2D eigenvalue weighted by Crippen LogP contribution is -2.28. The number of hydrogen-bond donors (Lipinski definition) is 0. The van der Waals surface area contributed by atoms with Gasteiger partial charge in [-0.25, -0.2) is 9.38 Å². The number of aryl methyl sites for hydroxylation is 1. The van der Waals surface area contributed by atoms with Gasteiger partial charge >= 0.3 is 0 Å². The van der Waals surface area contributed by atoms with E-state index in [1.54, 1.807) is 34.4 Å². The fraction of sp³-hybridized carbons (Fsp3) is 0.0909. The number of hydrogen-bond acceptors (Lipinski definition) is 4. The highest BCUT2D eigenvalue weighted by Crippen LogP contribution is 2.36. The fourth-order valence-corrected chi connectivity index (χ4v) is 4.51. The minimum absolute atomic E-state index is 0.116. The predicted molar refractivity (Wildman–Crippen MR) is 115 cm³/mol. The van der Waals surface area contributed by atoms with E-state index in [9.17, 15) is 9.18 Å². The minimum Gasteiger partial charge on any atom is -0.281 e. The average molecular weight is 409 g/mol. The molecule has 0 spiro atoms. The second-order valence-corrected chi connectivity index (χ2v) is 8.36. The highest BCUT2D eigenvalue weighted by atomic mass is 32.2. The Morgan fingerprint density at radius 2 is 1.96 bits per heavy atom. The molecule has 6 heteroatoms. The Balaban J connectivity index is 1.72. The van der Waals surface area contributed by atoms with Crippen LogP contribution >= 0.6 is 23.1 Å². The molecule has 1 saturated heterocycles. The number of thiophene rings is 1. The molecule has 1 aromatic heterocycles. The van der Waals surface area contributed by atoms with Gasteiger partial charge in [-0.1, -0.05) is 36.4 Å². The lowest BCUT2D eigenvalue weighted by molar-refractivity contribution is -0.122. The van der Waals surface area contributed by atoms with E-state index in [0.717, 1.165) is 16.1 Å². The Bertz CT molecular complexity index is 1070. The van der Waals surface area contributed by atoms with Crippen molar-refractivity contribution in [1.82, 2.24) is 4.90 Å². The van der Waals surface area contributed by atoms with Gasteiger partial charge in [0.05, 0.1) is 17.1 Å². The lowest BCUT2D eigenvalue weighted by atomic mass is 10.2. The van der Waals surface area contributed by atoms with Crippen LogP contribution in [0.25, 0.3) is 6.08 Å². The van der Waals surface area contributed by atoms with Crippen LogP contribution in [-0.2, 0) is 11.3 Å². The van der Waals surface area contributed by atoms with Crippen molar-refractivity contribution in [1.29, 1.82) is 0 Å². The van der Waals surface area contributed by atoms with E-state index in [1.165, 1.54) is 23.9 Å². The average Bonchev–Trinajstić information content (AvgIpc) is 3.28. The molecule has 0 saturated carbocycles. The van der Waals surface area contributed by atoms with Gasteiger partial charge in [0.1, 0.15) is 5.82 Å². The van der Waals surface area contributed by atoms with Crippen LogP contribution in [0.2, 0.25) is 0 Å². The largest absolute Gasteiger partial charge is 0.281 e. The molecule has 28 heavy (non-hydrogen) atoms. The third kappa shape index (κ3) is 4.08.